The molecule has 2 aliphatic carbocycles. The minimum Gasteiger partial charge on any atom is -0.508 e. The minimum atomic E-state index is 0.237. The van der Waals surface area contributed by atoms with Crippen LogP contribution in [-0.4, -0.2) is 5.11 Å². The number of fused-ring (bicyclic) bond motifs is 3. The quantitative estimate of drug-likeness (QED) is 0.492. The summed E-state index contributed by atoms with van der Waals surface area (Å²) >= 11 is 0. The maximum Gasteiger partial charge on any atom is 0.119 e. The Morgan fingerprint density at radius 2 is 1.92 bits per heavy atom. The van der Waals surface area contributed by atoms with E-state index in [4.69, 9.17) is 0 Å². The van der Waals surface area contributed by atoms with Crippen LogP contribution in [0.3, 0.4) is 0 Å². The highest BCUT2D eigenvalue weighted by atomic mass is 16.3. The van der Waals surface area contributed by atoms with Crippen LogP contribution in [-0.2, 0) is 12.8 Å². The summed E-state index contributed by atoms with van der Waals surface area (Å²) < 4.78 is 0. The fourth-order valence-corrected chi connectivity index (χ4v) is 4.99. The zero-order valence-corrected chi connectivity index (χ0v) is 16.2. The maximum atomic E-state index is 10.9. The second-order valence-corrected chi connectivity index (χ2v) is 9.11. The minimum absolute atomic E-state index is 0.237. The number of phenolic OH excluding ortho intramolecular Hbond substituents is 1. The fourth-order valence-electron chi connectivity index (χ4n) is 4.99. The van der Waals surface area contributed by atoms with E-state index in [9.17, 15) is 5.11 Å². The van der Waals surface area contributed by atoms with Gasteiger partial charge in [-0.15, -0.1) is 0 Å². The third-order valence-corrected chi connectivity index (χ3v) is 7.04. The summed E-state index contributed by atoms with van der Waals surface area (Å²) in [5.74, 6) is 0.895. The van der Waals surface area contributed by atoms with Crippen LogP contribution < -0.4 is 0 Å². The van der Waals surface area contributed by atoms with Crippen molar-refractivity contribution in [2.24, 2.45) is 10.8 Å². The second-order valence-electron chi connectivity index (χ2n) is 9.11. The highest BCUT2D eigenvalue weighted by molar-refractivity contribution is 5.51. The molecule has 1 nitrogen and oxygen atoms in total. The number of rotatable bonds is 4. The number of hydrogen-bond donors (Lipinski definition) is 1. The van der Waals surface area contributed by atoms with Crippen molar-refractivity contribution in [1.29, 1.82) is 0 Å². The molecule has 0 fully saturated rings. The average molecular weight is 327 g/mol. The van der Waals surface area contributed by atoms with Crippen LogP contribution in [0.1, 0.15) is 89.3 Å². The van der Waals surface area contributed by atoms with Crippen LogP contribution >= 0.6 is 0 Å². The third kappa shape index (κ3) is 2.80. The fraction of sp³-hybridized carbons (Fsp3) is 0.652. The Morgan fingerprint density at radius 1 is 1.17 bits per heavy atom. The second kappa shape index (κ2) is 6.24. The van der Waals surface area contributed by atoms with Gasteiger partial charge in [0.15, 0.2) is 0 Å². The molecule has 1 aromatic rings. The van der Waals surface area contributed by atoms with Gasteiger partial charge in [0.2, 0.25) is 0 Å². The van der Waals surface area contributed by atoms with Crippen LogP contribution in [0.4, 0.5) is 0 Å². The molecular formula is C23H34O. The molecule has 1 unspecified atom stereocenters. The third-order valence-electron chi connectivity index (χ3n) is 7.04. The van der Waals surface area contributed by atoms with Gasteiger partial charge in [-0.2, -0.15) is 0 Å². The molecule has 1 N–H and O–H groups in total. The summed E-state index contributed by atoms with van der Waals surface area (Å²) in [6.07, 6.45) is 10.8. The van der Waals surface area contributed by atoms with Crippen LogP contribution in [0, 0.1) is 10.8 Å². The first-order valence-electron chi connectivity index (χ1n) is 9.80. The topological polar surface area (TPSA) is 20.2 Å². The van der Waals surface area contributed by atoms with Crippen molar-refractivity contribution in [2.45, 2.75) is 85.5 Å². The molecule has 3 rings (SSSR count). The largest absolute Gasteiger partial charge is 0.508 e. The van der Waals surface area contributed by atoms with Gasteiger partial charge < -0.3 is 5.11 Å². The summed E-state index contributed by atoms with van der Waals surface area (Å²) in [7, 11) is 0. The van der Waals surface area contributed by atoms with Gasteiger partial charge in [-0.3, -0.25) is 0 Å². The summed E-state index contributed by atoms with van der Waals surface area (Å²) in [5, 5.41) is 10.9. The van der Waals surface area contributed by atoms with E-state index in [1.807, 2.05) is 6.07 Å². The Kier molecular flexibility index (Phi) is 4.57. The Bertz CT molecular complexity index is 652. The summed E-state index contributed by atoms with van der Waals surface area (Å²) in [4.78, 5) is 0. The highest BCUT2D eigenvalue weighted by Crippen LogP contribution is 2.62. The number of hydrogen-bond acceptors (Lipinski definition) is 1. The number of unbranched alkanes of at least 4 members (excludes halogenated alkanes) is 2. The molecular weight excluding hydrogens is 292 g/mol. The predicted molar refractivity (Wildman–Crippen MR) is 103 cm³/mol. The van der Waals surface area contributed by atoms with Crippen molar-refractivity contribution in [1.82, 2.24) is 0 Å². The van der Waals surface area contributed by atoms with Crippen molar-refractivity contribution in [2.75, 3.05) is 0 Å². The van der Waals surface area contributed by atoms with Crippen molar-refractivity contribution in [3.63, 3.8) is 0 Å². The van der Waals surface area contributed by atoms with Gasteiger partial charge in [-0.05, 0) is 67.1 Å². The monoisotopic (exact) mass is 326 g/mol. The van der Waals surface area contributed by atoms with Crippen LogP contribution in [0.25, 0.3) is 0 Å². The van der Waals surface area contributed by atoms with Gasteiger partial charge in [0.25, 0.3) is 0 Å². The van der Waals surface area contributed by atoms with E-state index < -0.39 is 0 Å². The molecule has 0 aliphatic heterocycles. The molecule has 0 radical (unpaired) electrons. The number of phenols is 1. The van der Waals surface area contributed by atoms with Gasteiger partial charge in [-0.1, -0.05) is 58.3 Å². The number of benzene rings is 1. The van der Waals surface area contributed by atoms with Crippen LogP contribution in [0.2, 0.25) is 0 Å². The van der Waals surface area contributed by atoms with Gasteiger partial charge in [0, 0.05) is 11.5 Å². The molecule has 0 amide bonds. The first kappa shape index (κ1) is 17.6. The van der Waals surface area contributed by atoms with Gasteiger partial charge >= 0.3 is 0 Å². The lowest BCUT2D eigenvalue weighted by atomic mass is 9.49. The molecule has 0 bridgehead atoms. The van der Waals surface area contributed by atoms with E-state index in [1.165, 1.54) is 54.4 Å². The van der Waals surface area contributed by atoms with E-state index in [0.717, 1.165) is 12.8 Å². The molecule has 1 heteroatoms. The summed E-state index contributed by atoms with van der Waals surface area (Å²) in [6.45, 7) is 11.8. The lowest BCUT2D eigenvalue weighted by Crippen LogP contribution is -2.46. The summed E-state index contributed by atoms with van der Waals surface area (Å²) in [5.41, 5.74) is 5.90. The number of aromatic hydroxyl groups is 1. The molecule has 24 heavy (non-hydrogen) atoms. The standard InChI is InChI=1S/C23H34O/c1-6-7-8-9-17-13-18-15-22(3,4)23(5)11-10-16(2)12-19(23)21(18)20(24)14-17/h12-14,19,24H,6-11,15H2,1-5H3/t19-,23?/m0/s1. The van der Waals surface area contributed by atoms with E-state index in [1.54, 1.807) is 0 Å². The Hall–Kier alpha value is -1.24. The van der Waals surface area contributed by atoms with Crippen molar-refractivity contribution in [3.05, 3.63) is 40.5 Å². The maximum absolute atomic E-state index is 10.9. The number of allylic oxidation sites excluding steroid dienone is 2. The predicted octanol–water partition coefficient (Wildman–Crippen LogP) is 6.54. The van der Waals surface area contributed by atoms with Gasteiger partial charge in [0.05, 0.1) is 0 Å². The first-order valence-corrected chi connectivity index (χ1v) is 9.80. The Balaban J connectivity index is 2.05. The molecule has 0 saturated carbocycles. The van der Waals surface area contributed by atoms with E-state index in [-0.39, 0.29) is 10.8 Å². The normalized spacial score (nSPS) is 28.0. The lowest BCUT2D eigenvalue weighted by molar-refractivity contribution is 0.0411. The zero-order valence-electron chi connectivity index (χ0n) is 16.2. The summed E-state index contributed by atoms with van der Waals surface area (Å²) in [6, 6.07) is 4.44. The molecule has 0 heterocycles. The molecule has 0 aromatic heterocycles. The molecule has 0 saturated heterocycles. The molecule has 132 valence electrons. The number of aryl methyl sites for hydroxylation is 1. The van der Waals surface area contributed by atoms with Crippen LogP contribution in [0.5, 0.6) is 5.75 Å². The Morgan fingerprint density at radius 3 is 2.62 bits per heavy atom. The molecule has 2 aliphatic rings. The van der Waals surface area contributed by atoms with Gasteiger partial charge in [0.1, 0.15) is 5.75 Å². The molecule has 2 atom stereocenters. The Labute approximate surface area is 148 Å². The van der Waals surface area contributed by atoms with Crippen molar-refractivity contribution < 1.29 is 5.11 Å². The SMILES string of the molecule is CCCCCc1cc(O)c2c(c1)CC(C)(C)C1(C)CCC(C)=C[C@@H]21. The zero-order chi connectivity index (χ0) is 17.5. The van der Waals surface area contributed by atoms with Gasteiger partial charge in [-0.25, -0.2) is 0 Å². The van der Waals surface area contributed by atoms with E-state index >= 15 is 0 Å². The smallest absolute Gasteiger partial charge is 0.119 e. The van der Waals surface area contributed by atoms with Crippen molar-refractivity contribution >= 4 is 0 Å². The van der Waals surface area contributed by atoms with E-state index in [2.05, 4.69) is 46.8 Å². The first-order chi connectivity index (χ1) is 11.3. The average Bonchev–Trinajstić information content (AvgIpc) is 2.49. The van der Waals surface area contributed by atoms with Crippen molar-refractivity contribution in [3.8, 4) is 5.75 Å². The van der Waals surface area contributed by atoms with Crippen LogP contribution in [0.15, 0.2) is 23.8 Å². The molecule has 0 spiro atoms. The molecule has 1 aromatic carbocycles. The highest BCUT2D eigenvalue weighted by Gasteiger charge is 2.52. The lowest BCUT2D eigenvalue weighted by Gasteiger charge is -2.55. The van der Waals surface area contributed by atoms with E-state index in [0.29, 0.717) is 11.7 Å².